The molecule has 0 aliphatic heterocycles. The minimum absolute atomic E-state index is 0.00611. The van der Waals surface area contributed by atoms with E-state index in [9.17, 15) is 0 Å². The summed E-state index contributed by atoms with van der Waals surface area (Å²) >= 11 is 0. The van der Waals surface area contributed by atoms with Gasteiger partial charge in [-0.3, -0.25) is 0 Å². The summed E-state index contributed by atoms with van der Waals surface area (Å²) in [6, 6.07) is 5.42. The Balaban J connectivity index is 2.97. The van der Waals surface area contributed by atoms with Crippen molar-refractivity contribution in [3.05, 3.63) is 23.8 Å². The lowest BCUT2D eigenvalue weighted by molar-refractivity contribution is 0.125. The van der Waals surface area contributed by atoms with Crippen molar-refractivity contribution in [1.82, 2.24) is 0 Å². The van der Waals surface area contributed by atoms with Crippen LogP contribution < -0.4 is 9.47 Å². The van der Waals surface area contributed by atoms with Crippen molar-refractivity contribution in [2.45, 2.75) is 33.0 Å². The van der Waals surface area contributed by atoms with Crippen molar-refractivity contribution in [2.75, 3.05) is 7.11 Å². The summed E-state index contributed by atoms with van der Waals surface area (Å²) in [5.41, 5.74) is 0.557. The largest absolute Gasteiger partial charge is 0.493 e. The maximum Gasteiger partial charge on any atom is 0.161 e. The molecule has 0 aliphatic rings. The number of aliphatic hydroxyl groups is 1. The van der Waals surface area contributed by atoms with Gasteiger partial charge >= 0.3 is 0 Å². The first-order valence-electron chi connectivity index (χ1n) is 4.93. The SMILES string of the molecule is COc1cc(CO)ccc1OC(C)(C)C. The van der Waals surface area contributed by atoms with E-state index in [0.717, 1.165) is 5.56 Å². The molecule has 0 saturated heterocycles. The van der Waals surface area contributed by atoms with Gasteiger partial charge in [0, 0.05) is 0 Å². The molecule has 0 aliphatic carbocycles. The lowest BCUT2D eigenvalue weighted by atomic mass is 10.1. The summed E-state index contributed by atoms with van der Waals surface area (Å²) in [6.07, 6.45) is 0. The van der Waals surface area contributed by atoms with E-state index >= 15 is 0 Å². The molecule has 1 N–H and O–H groups in total. The second-order valence-electron chi connectivity index (χ2n) is 4.36. The van der Waals surface area contributed by atoms with Crippen LogP contribution in [0.5, 0.6) is 11.5 Å². The summed E-state index contributed by atoms with van der Waals surface area (Å²) < 4.78 is 10.9. The monoisotopic (exact) mass is 210 g/mol. The molecule has 0 saturated carbocycles. The third-order valence-corrected chi connectivity index (χ3v) is 1.83. The highest BCUT2D eigenvalue weighted by molar-refractivity contribution is 5.43. The Labute approximate surface area is 90.6 Å². The van der Waals surface area contributed by atoms with E-state index < -0.39 is 0 Å². The molecule has 1 rings (SSSR count). The first-order chi connectivity index (χ1) is 6.96. The summed E-state index contributed by atoms with van der Waals surface area (Å²) in [5, 5.41) is 8.98. The van der Waals surface area contributed by atoms with E-state index in [-0.39, 0.29) is 12.2 Å². The Bertz CT molecular complexity index is 326. The van der Waals surface area contributed by atoms with Gasteiger partial charge in [0.05, 0.1) is 13.7 Å². The van der Waals surface area contributed by atoms with Gasteiger partial charge in [0.25, 0.3) is 0 Å². The Morgan fingerprint density at radius 3 is 2.33 bits per heavy atom. The van der Waals surface area contributed by atoms with Gasteiger partial charge < -0.3 is 14.6 Å². The summed E-state index contributed by atoms with van der Waals surface area (Å²) in [6.45, 7) is 5.94. The number of hydrogen-bond acceptors (Lipinski definition) is 3. The first kappa shape index (κ1) is 11.9. The van der Waals surface area contributed by atoms with E-state index in [2.05, 4.69) is 0 Å². The highest BCUT2D eigenvalue weighted by Crippen LogP contribution is 2.30. The van der Waals surface area contributed by atoms with E-state index in [1.54, 1.807) is 13.2 Å². The van der Waals surface area contributed by atoms with E-state index in [0.29, 0.717) is 11.5 Å². The molecule has 0 unspecified atom stereocenters. The van der Waals surface area contributed by atoms with Crippen LogP contribution in [0.3, 0.4) is 0 Å². The number of benzene rings is 1. The second kappa shape index (κ2) is 4.53. The van der Waals surface area contributed by atoms with Gasteiger partial charge in [-0.05, 0) is 38.5 Å². The van der Waals surface area contributed by atoms with Crippen LogP contribution in [0.4, 0.5) is 0 Å². The number of rotatable bonds is 3. The van der Waals surface area contributed by atoms with Crippen LogP contribution in [-0.2, 0) is 6.61 Å². The molecular weight excluding hydrogens is 192 g/mol. The Morgan fingerprint density at radius 1 is 1.20 bits per heavy atom. The van der Waals surface area contributed by atoms with Crippen LogP contribution >= 0.6 is 0 Å². The van der Waals surface area contributed by atoms with Crippen LogP contribution in [0, 0.1) is 0 Å². The molecule has 3 heteroatoms. The van der Waals surface area contributed by atoms with Crippen molar-refractivity contribution in [3.63, 3.8) is 0 Å². The van der Waals surface area contributed by atoms with E-state index in [1.807, 2.05) is 32.9 Å². The van der Waals surface area contributed by atoms with Crippen LogP contribution in [0.25, 0.3) is 0 Å². The van der Waals surface area contributed by atoms with Crippen molar-refractivity contribution < 1.29 is 14.6 Å². The molecule has 0 bridgehead atoms. The standard InChI is InChI=1S/C12H18O3/c1-12(2,3)15-10-6-5-9(8-13)7-11(10)14-4/h5-7,13H,8H2,1-4H3. The average Bonchev–Trinajstić information content (AvgIpc) is 2.16. The number of ether oxygens (including phenoxy) is 2. The summed E-state index contributed by atoms with van der Waals surface area (Å²) in [7, 11) is 1.59. The zero-order valence-electron chi connectivity index (χ0n) is 9.70. The van der Waals surface area contributed by atoms with Crippen LogP contribution in [0.2, 0.25) is 0 Å². The highest BCUT2D eigenvalue weighted by Gasteiger charge is 2.15. The van der Waals surface area contributed by atoms with Crippen molar-refractivity contribution in [1.29, 1.82) is 0 Å². The topological polar surface area (TPSA) is 38.7 Å². The van der Waals surface area contributed by atoms with Crippen LogP contribution in [-0.4, -0.2) is 17.8 Å². The number of hydrogen-bond donors (Lipinski definition) is 1. The maximum absolute atomic E-state index is 8.98. The van der Waals surface area contributed by atoms with Gasteiger partial charge in [0.1, 0.15) is 5.60 Å². The number of aliphatic hydroxyl groups excluding tert-OH is 1. The van der Waals surface area contributed by atoms with Gasteiger partial charge in [-0.1, -0.05) is 6.07 Å². The molecule has 15 heavy (non-hydrogen) atoms. The smallest absolute Gasteiger partial charge is 0.161 e. The van der Waals surface area contributed by atoms with E-state index in [1.165, 1.54) is 0 Å². The molecule has 1 aromatic carbocycles. The van der Waals surface area contributed by atoms with Crippen molar-refractivity contribution in [2.24, 2.45) is 0 Å². The van der Waals surface area contributed by atoms with Crippen LogP contribution in [0.1, 0.15) is 26.3 Å². The minimum atomic E-state index is -0.256. The van der Waals surface area contributed by atoms with Gasteiger partial charge in [-0.15, -0.1) is 0 Å². The van der Waals surface area contributed by atoms with Crippen molar-refractivity contribution in [3.8, 4) is 11.5 Å². The van der Waals surface area contributed by atoms with Gasteiger partial charge in [0.2, 0.25) is 0 Å². The summed E-state index contributed by atoms with van der Waals surface area (Å²) in [5.74, 6) is 1.35. The maximum atomic E-state index is 8.98. The van der Waals surface area contributed by atoms with Gasteiger partial charge in [0.15, 0.2) is 11.5 Å². The Hall–Kier alpha value is -1.22. The molecule has 0 fully saturated rings. The molecule has 0 atom stereocenters. The Morgan fingerprint density at radius 2 is 1.87 bits per heavy atom. The molecular formula is C12H18O3. The molecule has 3 nitrogen and oxygen atoms in total. The zero-order chi connectivity index (χ0) is 11.5. The zero-order valence-corrected chi connectivity index (χ0v) is 9.70. The fourth-order valence-corrected chi connectivity index (χ4v) is 1.22. The lowest BCUT2D eigenvalue weighted by Crippen LogP contribution is -2.23. The normalized spacial score (nSPS) is 11.3. The second-order valence-corrected chi connectivity index (χ2v) is 4.36. The molecule has 0 amide bonds. The number of methoxy groups -OCH3 is 1. The predicted molar refractivity (Wildman–Crippen MR) is 59.3 cm³/mol. The predicted octanol–water partition coefficient (Wildman–Crippen LogP) is 2.36. The van der Waals surface area contributed by atoms with Crippen LogP contribution in [0.15, 0.2) is 18.2 Å². The summed E-state index contributed by atoms with van der Waals surface area (Å²) in [4.78, 5) is 0. The fourth-order valence-electron chi connectivity index (χ4n) is 1.22. The van der Waals surface area contributed by atoms with Gasteiger partial charge in [-0.2, -0.15) is 0 Å². The minimum Gasteiger partial charge on any atom is -0.493 e. The first-order valence-corrected chi connectivity index (χ1v) is 4.93. The molecule has 0 aromatic heterocycles. The fraction of sp³-hybridized carbons (Fsp3) is 0.500. The third kappa shape index (κ3) is 3.44. The molecule has 0 radical (unpaired) electrons. The van der Waals surface area contributed by atoms with Gasteiger partial charge in [-0.25, -0.2) is 0 Å². The molecule has 0 heterocycles. The molecule has 1 aromatic rings. The average molecular weight is 210 g/mol. The molecule has 84 valence electrons. The quantitative estimate of drug-likeness (QED) is 0.832. The molecule has 0 spiro atoms. The van der Waals surface area contributed by atoms with Crippen molar-refractivity contribution >= 4 is 0 Å². The lowest BCUT2D eigenvalue weighted by Gasteiger charge is -2.22. The van der Waals surface area contributed by atoms with E-state index in [4.69, 9.17) is 14.6 Å². The Kier molecular flexibility index (Phi) is 3.58. The third-order valence-electron chi connectivity index (χ3n) is 1.83. The highest BCUT2D eigenvalue weighted by atomic mass is 16.5.